The predicted octanol–water partition coefficient (Wildman–Crippen LogP) is 2.34. The van der Waals surface area contributed by atoms with E-state index in [1.165, 1.54) is 28.6 Å². The summed E-state index contributed by atoms with van der Waals surface area (Å²) in [4.78, 5) is 8.33. The normalized spacial score (nSPS) is 16.3. The second-order valence-electron chi connectivity index (χ2n) is 5.54. The number of nitriles is 1. The maximum absolute atomic E-state index is 12.7. The molecule has 2 heterocycles. The molecule has 0 unspecified atom stereocenters. The lowest BCUT2D eigenvalue weighted by Crippen LogP contribution is -2.41. The molecule has 1 saturated heterocycles. The first-order valence-corrected chi connectivity index (χ1v) is 9.87. The van der Waals surface area contributed by atoms with Crippen LogP contribution < -0.4 is 4.74 Å². The molecule has 1 aliphatic heterocycles. The van der Waals surface area contributed by atoms with Gasteiger partial charge < -0.3 is 4.74 Å². The first-order chi connectivity index (χ1) is 12.0. The highest BCUT2D eigenvalue weighted by Crippen LogP contribution is 2.23. The molecular formula is C16H15BrN4O3S. The predicted molar refractivity (Wildman–Crippen MR) is 93.3 cm³/mol. The van der Waals surface area contributed by atoms with E-state index in [0.29, 0.717) is 31.5 Å². The molecular weight excluding hydrogens is 408 g/mol. The Morgan fingerprint density at radius 3 is 2.32 bits per heavy atom. The minimum absolute atomic E-state index is 0.117. The average molecular weight is 423 g/mol. The molecule has 1 aromatic carbocycles. The van der Waals surface area contributed by atoms with Crippen LogP contribution in [0.4, 0.5) is 0 Å². The van der Waals surface area contributed by atoms with Crippen LogP contribution in [0.2, 0.25) is 0 Å². The van der Waals surface area contributed by atoms with Gasteiger partial charge in [0.1, 0.15) is 6.10 Å². The topological polar surface area (TPSA) is 96.2 Å². The minimum Gasteiger partial charge on any atom is -0.460 e. The number of sulfonamides is 1. The van der Waals surface area contributed by atoms with Crippen molar-refractivity contribution in [1.82, 2.24) is 14.3 Å². The molecule has 0 atom stereocenters. The van der Waals surface area contributed by atoms with Crippen molar-refractivity contribution in [3.8, 4) is 12.1 Å². The number of rotatable bonds is 4. The van der Waals surface area contributed by atoms with E-state index in [4.69, 9.17) is 10.00 Å². The number of aromatic nitrogens is 2. The Balaban J connectivity index is 1.62. The fourth-order valence-electron chi connectivity index (χ4n) is 2.55. The average Bonchev–Trinajstić information content (AvgIpc) is 2.64. The first-order valence-electron chi connectivity index (χ1n) is 7.63. The van der Waals surface area contributed by atoms with Crippen LogP contribution in [0.1, 0.15) is 18.4 Å². The first kappa shape index (κ1) is 17.8. The second-order valence-corrected chi connectivity index (χ2v) is 8.39. The molecule has 0 spiro atoms. The zero-order valence-electron chi connectivity index (χ0n) is 13.2. The molecule has 3 rings (SSSR count). The number of ether oxygens (including phenoxy) is 1. The van der Waals surface area contributed by atoms with Gasteiger partial charge in [0.05, 0.1) is 21.0 Å². The molecule has 130 valence electrons. The van der Waals surface area contributed by atoms with Crippen LogP contribution in [-0.4, -0.2) is 41.9 Å². The van der Waals surface area contributed by atoms with Gasteiger partial charge in [-0.3, -0.25) is 0 Å². The van der Waals surface area contributed by atoms with Crippen molar-refractivity contribution in [2.24, 2.45) is 0 Å². The van der Waals surface area contributed by atoms with Crippen molar-refractivity contribution in [3.63, 3.8) is 0 Å². The summed E-state index contributed by atoms with van der Waals surface area (Å²) in [7, 11) is -3.56. The summed E-state index contributed by atoms with van der Waals surface area (Å²) in [6.45, 7) is 0.729. The van der Waals surface area contributed by atoms with Crippen molar-refractivity contribution in [1.29, 1.82) is 5.26 Å². The molecule has 0 bridgehead atoms. The molecule has 1 fully saturated rings. The number of benzene rings is 1. The van der Waals surface area contributed by atoms with Gasteiger partial charge in [-0.2, -0.15) is 9.57 Å². The van der Waals surface area contributed by atoms with Crippen LogP contribution in [0, 0.1) is 11.3 Å². The zero-order valence-corrected chi connectivity index (χ0v) is 15.6. The summed E-state index contributed by atoms with van der Waals surface area (Å²) in [5.74, 6) is 0. The number of hydrogen-bond acceptors (Lipinski definition) is 6. The van der Waals surface area contributed by atoms with Crippen molar-refractivity contribution in [2.75, 3.05) is 13.1 Å². The third kappa shape index (κ3) is 4.15. The van der Waals surface area contributed by atoms with Crippen molar-refractivity contribution >= 4 is 26.0 Å². The highest BCUT2D eigenvalue weighted by molar-refractivity contribution is 9.10. The van der Waals surface area contributed by atoms with E-state index in [0.717, 1.165) is 4.47 Å². The summed E-state index contributed by atoms with van der Waals surface area (Å²) in [6.07, 6.45) is 4.22. The van der Waals surface area contributed by atoms with Crippen LogP contribution in [0.5, 0.6) is 6.01 Å². The maximum atomic E-state index is 12.7. The Morgan fingerprint density at radius 1 is 1.16 bits per heavy atom. The van der Waals surface area contributed by atoms with Crippen LogP contribution >= 0.6 is 15.9 Å². The fraction of sp³-hybridized carbons (Fsp3) is 0.312. The van der Waals surface area contributed by atoms with E-state index >= 15 is 0 Å². The van der Waals surface area contributed by atoms with Crippen LogP contribution in [0.3, 0.4) is 0 Å². The summed E-state index contributed by atoms with van der Waals surface area (Å²) in [6, 6.07) is 8.21. The van der Waals surface area contributed by atoms with Crippen molar-refractivity contribution in [3.05, 3.63) is 46.7 Å². The van der Waals surface area contributed by atoms with E-state index in [9.17, 15) is 8.42 Å². The molecule has 0 saturated carbocycles. The van der Waals surface area contributed by atoms with E-state index in [1.54, 1.807) is 12.4 Å². The van der Waals surface area contributed by atoms with Gasteiger partial charge in [0.25, 0.3) is 0 Å². The second kappa shape index (κ2) is 7.47. The molecule has 1 aliphatic rings. The van der Waals surface area contributed by atoms with Crippen LogP contribution in [0.15, 0.2) is 46.0 Å². The third-order valence-corrected chi connectivity index (χ3v) is 6.21. The van der Waals surface area contributed by atoms with Crippen molar-refractivity contribution < 1.29 is 13.2 Å². The van der Waals surface area contributed by atoms with Gasteiger partial charge >= 0.3 is 6.01 Å². The van der Waals surface area contributed by atoms with Gasteiger partial charge in [-0.15, -0.1) is 0 Å². The Bertz CT molecular complexity index is 871. The Morgan fingerprint density at radius 2 is 1.76 bits per heavy atom. The Hall–Kier alpha value is -2.02. The smallest absolute Gasteiger partial charge is 0.316 e. The van der Waals surface area contributed by atoms with Gasteiger partial charge in [0.15, 0.2) is 0 Å². The molecule has 9 heteroatoms. The van der Waals surface area contributed by atoms with Gasteiger partial charge in [-0.25, -0.2) is 18.4 Å². The number of piperidine rings is 1. The van der Waals surface area contributed by atoms with Crippen LogP contribution in [0.25, 0.3) is 0 Å². The molecule has 2 aromatic rings. The molecule has 0 radical (unpaired) electrons. The van der Waals surface area contributed by atoms with Gasteiger partial charge in [-0.05, 0) is 53.0 Å². The lowest BCUT2D eigenvalue weighted by Gasteiger charge is -2.30. The lowest BCUT2D eigenvalue weighted by atomic mass is 10.1. The summed E-state index contributed by atoms with van der Waals surface area (Å²) in [5.41, 5.74) is 0.431. The third-order valence-electron chi connectivity index (χ3n) is 3.89. The number of halogens is 1. The summed E-state index contributed by atoms with van der Waals surface area (Å²) >= 11 is 3.26. The Kier molecular flexibility index (Phi) is 5.32. The molecule has 25 heavy (non-hydrogen) atoms. The number of nitrogens with zero attached hydrogens (tertiary/aromatic N) is 4. The van der Waals surface area contributed by atoms with E-state index in [2.05, 4.69) is 25.9 Å². The SMILES string of the molecule is N#Cc1ccc(S(=O)(=O)N2CCC(Oc3ncc(Br)cn3)CC2)cc1. The van der Waals surface area contributed by atoms with Gasteiger partial charge in [-0.1, -0.05) is 0 Å². The van der Waals surface area contributed by atoms with Crippen molar-refractivity contribution in [2.45, 2.75) is 23.8 Å². The quantitative estimate of drug-likeness (QED) is 0.749. The zero-order chi connectivity index (χ0) is 17.9. The Labute approximate surface area is 154 Å². The number of hydrogen-bond donors (Lipinski definition) is 0. The van der Waals surface area contributed by atoms with Crippen LogP contribution in [-0.2, 0) is 10.0 Å². The lowest BCUT2D eigenvalue weighted by molar-refractivity contribution is 0.124. The standard InChI is InChI=1S/C16H15BrN4O3S/c17-13-10-19-16(20-11-13)24-14-5-7-21(8-6-14)25(22,23)15-3-1-12(9-18)2-4-15/h1-4,10-11,14H,5-8H2. The maximum Gasteiger partial charge on any atom is 0.316 e. The monoisotopic (exact) mass is 422 g/mol. The highest BCUT2D eigenvalue weighted by atomic mass is 79.9. The summed E-state index contributed by atoms with van der Waals surface area (Å²) in [5, 5.41) is 8.81. The largest absolute Gasteiger partial charge is 0.460 e. The molecule has 1 aromatic heterocycles. The highest BCUT2D eigenvalue weighted by Gasteiger charge is 2.30. The molecule has 0 aliphatic carbocycles. The molecule has 0 amide bonds. The molecule has 0 N–H and O–H groups in total. The van der Waals surface area contributed by atoms with E-state index in [-0.39, 0.29) is 17.0 Å². The molecule has 7 nitrogen and oxygen atoms in total. The van der Waals surface area contributed by atoms with Gasteiger partial charge in [0, 0.05) is 25.5 Å². The minimum atomic E-state index is -3.56. The van der Waals surface area contributed by atoms with E-state index in [1.807, 2.05) is 6.07 Å². The van der Waals surface area contributed by atoms with Gasteiger partial charge in [0.2, 0.25) is 10.0 Å². The fourth-order valence-corrected chi connectivity index (χ4v) is 4.23. The van der Waals surface area contributed by atoms with E-state index < -0.39 is 10.0 Å². The summed E-state index contributed by atoms with van der Waals surface area (Å²) < 4.78 is 33.2.